The first-order valence-corrected chi connectivity index (χ1v) is 19.0. The molecule has 1 aromatic rings. The lowest BCUT2D eigenvalue weighted by molar-refractivity contribution is -0.231. The van der Waals surface area contributed by atoms with Gasteiger partial charge in [0.2, 0.25) is 11.8 Å². The van der Waals surface area contributed by atoms with Crippen molar-refractivity contribution in [1.29, 1.82) is 0 Å². The van der Waals surface area contributed by atoms with Gasteiger partial charge in [-0.2, -0.15) is 0 Å². The van der Waals surface area contributed by atoms with Gasteiger partial charge in [0.15, 0.2) is 5.60 Å². The third-order valence-corrected chi connectivity index (χ3v) is 12.1. The standard InChI is InChI=1S/C38H58N4O11/c1-22-16-27(17-23(2)31(22)46)34(48)39-19-29(45)32(47)33-30(40-25(4)43)28(44)18-38(53-33,36(50)51)11-13-42-14-15-52-21-37(42)10-12-41(20-37)35(49)24(3)26-8-6-5-7-9-26/h16-17,24,26,28-30,32-33,44-47H,5-15,18-21H2,1-4H3,(H,39,48)(H,40,43)(H,50,51)/t24?,28-,29+,30+,32+,33+,37-,38+/m0/s1. The molecule has 1 aromatic carbocycles. The maximum atomic E-state index is 13.7. The first-order chi connectivity index (χ1) is 25.1. The fourth-order valence-corrected chi connectivity index (χ4v) is 8.87. The second kappa shape index (κ2) is 17.0. The largest absolute Gasteiger partial charge is 0.507 e. The Labute approximate surface area is 311 Å². The number of likely N-dealkylation sites (tertiary alicyclic amines) is 1. The zero-order chi connectivity index (χ0) is 38.7. The van der Waals surface area contributed by atoms with E-state index in [0.717, 1.165) is 25.7 Å². The van der Waals surface area contributed by atoms with E-state index in [1.54, 1.807) is 13.8 Å². The van der Waals surface area contributed by atoms with Crippen LogP contribution < -0.4 is 10.6 Å². The Hall–Kier alpha value is -3.34. The molecule has 8 atom stereocenters. The van der Waals surface area contributed by atoms with Crippen LogP contribution in [0.3, 0.4) is 0 Å². The molecule has 0 aromatic heterocycles. The van der Waals surface area contributed by atoms with E-state index in [-0.39, 0.29) is 36.1 Å². The van der Waals surface area contributed by atoms with E-state index in [9.17, 15) is 44.7 Å². The van der Waals surface area contributed by atoms with Crippen molar-refractivity contribution in [3.63, 3.8) is 0 Å². The van der Waals surface area contributed by atoms with Crippen LogP contribution in [0.4, 0.5) is 0 Å². The van der Waals surface area contributed by atoms with E-state index in [1.165, 1.54) is 25.5 Å². The second-order valence-electron chi connectivity index (χ2n) is 15.8. The van der Waals surface area contributed by atoms with E-state index in [0.29, 0.717) is 56.3 Å². The molecule has 53 heavy (non-hydrogen) atoms. The molecule has 0 radical (unpaired) electrons. The molecule has 3 heterocycles. The molecular formula is C38H58N4O11. The molecule has 1 saturated carbocycles. The highest BCUT2D eigenvalue weighted by Crippen LogP contribution is 2.39. The van der Waals surface area contributed by atoms with Crippen molar-refractivity contribution in [1.82, 2.24) is 20.4 Å². The fraction of sp³-hybridized carbons (Fsp3) is 0.737. The number of aromatic hydroxyl groups is 1. The van der Waals surface area contributed by atoms with Gasteiger partial charge in [-0.1, -0.05) is 26.2 Å². The summed E-state index contributed by atoms with van der Waals surface area (Å²) in [5.74, 6) is -2.01. The van der Waals surface area contributed by atoms with Crippen molar-refractivity contribution in [2.45, 2.75) is 121 Å². The molecule has 0 bridgehead atoms. The van der Waals surface area contributed by atoms with Gasteiger partial charge in [0, 0.05) is 64.0 Å². The van der Waals surface area contributed by atoms with Crippen molar-refractivity contribution in [3.05, 3.63) is 28.8 Å². The summed E-state index contributed by atoms with van der Waals surface area (Å²) >= 11 is 0. The maximum Gasteiger partial charge on any atom is 0.336 e. The third kappa shape index (κ3) is 8.97. The Morgan fingerprint density at radius 3 is 2.38 bits per heavy atom. The number of morpholine rings is 1. The summed E-state index contributed by atoms with van der Waals surface area (Å²) in [5.41, 5.74) is -1.34. The fourth-order valence-electron chi connectivity index (χ4n) is 8.87. The number of aliphatic hydroxyl groups excluding tert-OH is 3. The van der Waals surface area contributed by atoms with Crippen LogP contribution in [0.5, 0.6) is 5.75 Å². The average molecular weight is 747 g/mol. The minimum atomic E-state index is -2.01. The Bertz CT molecular complexity index is 1480. The summed E-state index contributed by atoms with van der Waals surface area (Å²) in [4.78, 5) is 55.8. The predicted molar refractivity (Wildman–Crippen MR) is 192 cm³/mol. The van der Waals surface area contributed by atoms with Crippen LogP contribution in [0.2, 0.25) is 0 Å². The number of carboxylic acid groups (broad SMARTS) is 1. The quantitative estimate of drug-likeness (QED) is 0.158. The van der Waals surface area contributed by atoms with Crippen LogP contribution in [-0.2, 0) is 23.9 Å². The highest BCUT2D eigenvalue weighted by molar-refractivity contribution is 5.95. The van der Waals surface area contributed by atoms with Gasteiger partial charge >= 0.3 is 5.97 Å². The van der Waals surface area contributed by atoms with Crippen molar-refractivity contribution in [2.24, 2.45) is 11.8 Å². The second-order valence-corrected chi connectivity index (χ2v) is 15.8. The Morgan fingerprint density at radius 2 is 1.74 bits per heavy atom. The highest BCUT2D eigenvalue weighted by Gasteiger charge is 2.55. The topological polar surface area (TPSA) is 218 Å². The number of rotatable bonds is 12. The van der Waals surface area contributed by atoms with E-state index in [2.05, 4.69) is 15.5 Å². The molecule has 3 saturated heterocycles. The smallest absolute Gasteiger partial charge is 0.336 e. The van der Waals surface area contributed by atoms with Crippen molar-refractivity contribution >= 4 is 23.7 Å². The number of carbonyl (C=O) groups is 4. The van der Waals surface area contributed by atoms with Crippen molar-refractivity contribution < 1.29 is 54.2 Å². The molecule has 296 valence electrons. The number of aliphatic carboxylic acids is 1. The number of carbonyl (C=O) groups excluding carboxylic acids is 3. The molecule has 3 amide bonds. The van der Waals surface area contributed by atoms with Gasteiger partial charge in [-0.05, 0) is 62.3 Å². The lowest BCUT2D eigenvalue weighted by Crippen LogP contribution is -2.68. The van der Waals surface area contributed by atoms with Crippen LogP contribution in [-0.4, -0.2) is 147 Å². The SMILES string of the molecule is CC(=O)N[C@H]1[C@H]([C@H](O)[C@H](O)CNC(=O)c2cc(C)c(O)c(C)c2)O[C@@](CCN2CCOC[C@@]23CCN(C(=O)C(C)C2CCCCC2)C3)(C(=O)O)C[C@@H]1O. The van der Waals surface area contributed by atoms with Crippen LogP contribution in [0.1, 0.15) is 86.7 Å². The van der Waals surface area contributed by atoms with Gasteiger partial charge in [0.05, 0.1) is 37.0 Å². The number of amides is 3. The lowest BCUT2D eigenvalue weighted by atomic mass is 9.80. The van der Waals surface area contributed by atoms with E-state index >= 15 is 0 Å². The zero-order valence-electron chi connectivity index (χ0n) is 31.4. The Morgan fingerprint density at radius 1 is 1.06 bits per heavy atom. The Kier molecular flexibility index (Phi) is 13.1. The van der Waals surface area contributed by atoms with Crippen molar-refractivity contribution in [3.8, 4) is 5.75 Å². The van der Waals surface area contributed by atoms with Crippen LogP contribution in [0, 0.1) is 25.7 Å². The first-order valence-electron chi connectivity index (χ1n) is 19.0. The molecule has 1 spiro atoms. The predicted octanol–water partition coefficient (Wildman–Crippen LogP) is 0.848. The summed E-state index contributed by atoms with van der Waals surface area (Å²) in [6.45, 7) is 8.60. The number of phenolic OH excluding ortho intramolecular Hbond substituents is 1. The summed E-state index contributed by atoms with van der Waals surface area (Å²) < 4.78 is 12.1. The van der Waals surface area contributed by atoms with Gasteiger partial charge in [0.25, 0.3) is 5.91 Å². The number of aliphatic hydroxyl groups is 3. The van der Waals surface area contributed by atoms with E-state index < -0.39 is 72.3 Å². The minimum absolute atomic E-state index is 0.0551. The first kappa shape index (κ1) is 40.8. The summed E-state index contributed by atoms with van der Waals surface area (Å²) in [5, 5.41) is 59.5. The molecule has 15 nitrogen and oxygen atoms in total. The normalized spacial score (nSPS) is 30.1. The lowest BCUT2D eigenvalue weighted by Gasteiger charge is -2.49. The summed E-state index contributed by atoms with van der Waals surface area (Å²) in [7, 11) is 0. The molecule has 1 aliphatic carbocycles. The van der Waals surface area contributed by atoms with E-state index in [1.807, 2.05) is 11.8 Å². The van der Waals surface area contributed by atoms with Crippen LogP contribution >= 0.6 is 0 Å². The molecule has 1 unspecified atom stereocenters. The maximum absolute atomic E-state index is 13.7. The van der Waals surface area contributed by atoms with Gasteiger partial charge < -0.3 is 50.5 Å². The number of hydrogen-bond acceptors (Lipinski definition) is 11. The molecule has 5 rings (SSSR count). The van der Waals surface area contributed by atoms with Gasteiger partial charge in [0.1, 0.15) is 18.0 Å². The number of benzene rings is 1. The van der Waals surface area contributed by atoms with Crippen molar-refractivity contribution in [2.75, 3.05) is 45.9 Å². The minimum Gasteiger partial charge on any atom is -0.507 e. The molecule has 3 aliphatic heterocycles. The number of phenols is 1. The Balaban J connectivity index is 1.29. The van der Waals surface area contributed by atoms with Crippen LogP contribution in [0.15, 0.2) is 12.1 Å². The third-order valence-electron chi connectivity index (χ3n) is 12.1. The monoisotopic (exact) mass is 746 g/mol. The molecule has 15 heteroatoms. The summed E-state index contributed by atoms with van der Waals surface area (Å²) in [6, 6.07) is 1.69. The number of ether oxygens (including phenoxy) is 2. The van der Waals surface area contributed by atoms with Crippen LogP contribution in [0.25, 0.3) is 0 Å². The molecule has 7 N–H and O–H groups in total. The molecule has 4 aliphatic rings. The van der Waals surface area contributed by atoms with Gasteiger partial charge in [-0.15, -0.1) is 0 Å². The zero-order valence-corrected chi connectivity index (χ0v) is 31.4. The highest BCUT2D eigenvalue weighted by atomic mass is 16.6. The number of nitrogens with zero attached hydrogens (tertiary/aromatic N) is 2. The number of aryl methyl sites for hydroxylation is 2. The number of carboxylic acids is 1. The number of hydrogen-bond donors (Lipinski definition) is 7. The van der Waals surface area contributed by atoms with E-state index in [4.69, 9.17) is 9.47 Å². The summed E-state index contributed by atoms with van der Waals surface area (Å²) in [6.07, 6.45) is -0.755. The molecular weight excluding hydrogens is 688 g/mol. The average Bonchev–Trinajstić information content (AvgIpc) is 3.56. The van der Waals surface area contributed by atoms with Gasteiger partial charge in [-0.25, -0.2) is 4.79 Å². The number of nitrogens with one attached hydrogen (secondary N) is 2. The van der Waals surface area contributed by atoms with Gasteiger partial charge in [-0.3, -0.25) is 19.3 Å². The molecule has 4 fully saturated rings.